The van der Waals surface area contributed by atoms with Gasteiger partial charge in [0, 0.05) is 13.2 Å². The van der Waals surface area contributed by atoms with Gasteiger partial charge in [0.1, 0.15) is 28.9 Å². The number of nitrogens with zero attached hydrogens (tertiary/aromatic N) is 2. The summed E-state index contributed by atoms with van der Waals surface area (Å²) in [5, 5.41) is 4.95. The lowest BCUT2D eigenvalue weighted by molar-refractivity contribution is 0.104. The lowest BCUT2D eigenvalue weighted by atomic mass is 10.1. The molecule has 2 heterocycles. The minimum Gasteiger partial charge on any atom is -0.484 e. The highest BCUT2D eigenvalue weighted by Gasteiger charge is 2.10. The summed E-state index contributed by atoms with van der Waals surface area (Å²) in [6.07, 6.45) is 4.77. The zero-order valence-corrected chi connectivity index (χ0v) is 15.7. The van der Waals surface area contributed by atoms with Gasteiger partial charge in [0.2, 0.25) is 0 Å². The summed E-state index contributed by atoms with van der Waals surface area (Å²) in [5.74, 6) is 1.51. The fourth-order valence-electron chi connectivity index (χ4n) is 2.40. The van der Waals surface area contributed by atoms with Crippen molar-refractivity contribution < 1.29 is 13.9 Å². The van der Waals surface area contributed by atoms with Crippen LogP contribution in [-0.2, 0) is 13.7 Å². The molecule has 0 radical (unpaired) electrons. The van der Waals surface area contributed by atoms with Crippen molar-refractivity contribution in [3.8, 4) is 5.75 Å². The van der Waals surface area contributed by atoms with Crippen molar-refractivity contribution in [1.29, 1.82) is 0 Å². The van der Waals surface area contributed by atoms with Crippen molar-refractivity contribution in [2.45, 2.75) is 13.5 Å². The SMILES string of the molecule is Cc1nn(C)cc1C(=O)/C=C\c1ccc(COc2cccc(Cl)c2Cl)o1. The smallest absolute Gasteiger partial charge is 0.189 e. The summed E-state index contributed by atoms with van der Waals surface area (Å²) in [7, 11) is 1.78. The number of benzene rings is 1. The second-order valence-electron chi connectivity index (χ2n) is 5.64. The van der Waals surface area contributed by atoms with Gasteiger partial charge in [-0.2, -0.15) is 5.10 Å². The minimum atomic E-state index is -0.129. The molecule has 7 heteroatoms. The molecule has 26 heavy (non-hydrogen) atoms. The number of ketones is 1. The highest BCUT2D eigenvalue weighted by molar-refractivity contribution is 6.42. The minimum absolute atomic E-state index is 0.129. The fraction of sp³-hybridized carbons (Fsp3) is 0.158. The van der Waals surface area contributed by atoms with Gasteiger partial charge in [-0.25, -0.2) is 0 Å². The van der Waals surface area contributed by atoms with E-state index >= 15 is 0 Å². The molecule has 0 spiro atoms. The molecule has 0 N–H and O–H groups in total. The molecule has 3 rings (SSSR count). The van der Waals surface area contributed by atoms with E-state index in [2.05, 4.69) is 5.10 Å². The van der Waals surface area contributed by atoms with Gasteiger partial charge in [-0.1, -0.05) is 29.3 Å². The molecule has 0 amide bonds. The Morgan fingerprint density at radius 3 is 2.85 bits per heavy atom. The van der Waals surface area contributed by atoms with Crippen LogP contribution in [0.5, 0.6) is 5.75 Å². The maximum atomic E-state index is 12.2. The Labute approximate surface area is 160 Å². The van der Waals surface area contributed by atoms with E-state index in [4.69, 9.17) is 32.4 Å². The number of ether oxygens (including phenoxy) is 1. The van der Waals surface area contributed by atoms with Crippen molar-refractivity contribution >= 4 is 35.1 Å². The molecule has 0 aliphatic heterocycles. The first-order chi connectivity index (χ1) is 12.4. The molecule has 1 aromatic carbocycles. The number of aryl methyl sites for hydroxylation is 2. The first-order valence-electron chi connectivity index (χ1n) is 7.82. The van der Waals surface area contributed by atoms with E-state index in [1.165, 1.54) is 6.08 Å². The van der Waals surface area contributed by atoms with Crippen LogP contribution in [0.1, 0.15) is 27.6 Å². The highest BCUT2D eigenvalue weighted by atomic mass is 35.5. The van der Waals surface area contributed by atoms with Crippen LogP contribution in [0.15, 0.2) is 47.0 Å². The summed E-state index contributed by atoms with van der Waals surface area (Å²) in [4.78, 5) is 12.2. The van der Waals surface area contributed by atoms with Crippen LogP contribution in [0, 0.1) is 6.92 Å². The van der Waals surface area contributed by atoms with Crippen LogP contribution in [-0.4, -0.2) is 15.6 Å². The third kappa shape index (κ3) is 4.18. The van der Waals surface area contributed by atoms with Crippen molar-refractivity contribution in [2.75, 3.05) is 0 Å². The number of hydrogen-bond acceptors (Lipinski definition) is 4. The largest absolute Gasteiger partial charge is 0.484 e. The Bertz CT molecular complexity index is 973. The molecule has 0 unspecified atom stereocenters. The second kappa shape index (κ2) is 7.81. The molecule has 5 nitrogen and oxygen atoms in total. The quantitative estimate of drug-likeness (QED) is 0.433. The van der Waals surface area contributed by atoms with E-state index in [1.54, 1.807) is 61.3 Å². The van der Waals surface area contributed by atoms with E-state index in [0.29, 0.717) is 38.6 Å². The third-order valence-corrected chi connectivity index (χ3v) is 4.45. The Hall–Kier alpha value is -2.50. The number of carbonyl (C=O) groups excluding carboxylic acids is 1. The average molecular weight is 391 g/mol. The Morgan fingerprint density at radius 2 is 2.12 bits per heavy atom. The molecule has 0 saturated heterocycles. The van der Waals surface area contributed by atoms with Gasteiger partial charge >= 0.3 is 0 Å². The van der Waals surface area contributed by atoms with Gasteiger partial charge in [-0.05, 0) is 43.3 Å². The molecule has 2 aromatic heterocycles. The van der Waals surface area contributed by atoms with Gasteiger partial charge in [0.05, 0.1) is 16.3 Å². The molecule has 0 atom stereocenters. The number of allylic oxidation sites excluding steroid dienone is 1. The molecule has 0 aliphatic rings. The summed E-state index contributed by atoms with van der Waals surface area (Å²) in [6, 6.07) is 8.71. The predicted molar refractivity (Wildman–Crippen MR) is 101 cm³/mol. The third-order valence-electron chi connectivity index (χ3n) is 3.65. The van der Waals surface area contributed by atoms with Crippen molar-refractivity contribution in [1.82, 2.24) is 9.78 Å². The van der Waals surface area contributed by atoms with Crippen LogP contribution in [0.25, 0.3) is 6.08 Å². The highest BCUT2D eigenvalue weighted by Crippen LogP contribution is 2.32. The number of aromatic nitrogens is 2. The van der Waals surface area contributed by atoms with E-state index < -0.39 is 0 Å². The van der Waals surface area contributed by atoms with E-state index in [9.17, 15) is 4.79 Å². The molecule has 3 aromatic rings. The van der Waals surface area contributed by atoms with Crippen LogP contribution in [0.3, 0.4) is 0 Å². The topological polar surface area (TPSA) is 57.3 Å². The van der Waals surface area contributed by atoms with Gasteiger partial charge in [-0.15, -0.1) is 0 Å². The normalized spacial score (nSPS) is 11.2. The Balaban J connectivity index is 1.63. The first kappa shape index (κ1) is 18.3. The van der Waals surface area contributed by atoms with Crippen molar-refractivity contribution in [3.63, 3.8) is 0 Å². The summed E-state index contributed by atoms with van der Waals surface area (Å²) in [6.45, 7) is 1.99. The number of carbonyl (C=O) groups is 1. The summed E-state index contributed by atoms with van der Waals surface area (Å²) >= 11 is 12.0. The molecule has 0 fully saturated rings. The Kier molecular flexibility index (Phi) is 5.49. The number of rotatable bonds is 6. The van der Waals surface area contributed by atoms with Crippen LogP contribution < -0.4 is 4.74 Å². The maximum Gasteiger partial charge on any atom is 0.189 e. The van der Waals surface area contributed by atoms with Crippen LogP contribution in [0.2, 0.25) is 10.0 Å². The molecular formula is C19H16Cl2N2O3. The van der Waals surface area contributed by atoms with E-state index in [1.807, 2.05) is 0 Å². The zero-order chi connectivity index (χ0) is 18.7. The molecule has 134 valence electrons. The van der Waals surface area contributed by atoms with Crippen LogP contribution in [0.4, 0.5) is 0 Å². The average Bonchev–Trinajstić information content (AvgIpc) is 3.20. The van der Waals surface area contributed by atoms with Gasteiger partial charge in [0.25, 0.3) is 0 Å². The van der Waals surface area contributed by atoms with E-state index in [0.717, 1.165) is 0 Å². The monoisotopic (exact) mass is 390 g/mol. The molecule has 0 saturated carbocycles. The van der Waals surface area contributed by atoms with Gasteiger partial charge < -0.3 is 9.15 Å². The first-order valence-corrected chi connectivity index (χ1v) is 8.58. The number of halogens is 2. The summed E-state index contributed by atoms with van der Waals surface area (Å²) < 4.78 is 12.9. The number of furan rings is 1. The van der Waals surface area contributed by atoms with Crippen molar-refractivity contribution in [3.05, 3.63) is 75.4 Å². The number of hydrogen-bond donors (Lipinski definition) is 0. The standard InChI is InChI=1S/C19H16Cl2N2O3/c1-12-15(10-23(2)22-12)17(24)9-8-13-6-7-14(26-13)11-25-18-5-3-4-16(20)19(18)21/h3-10H,11H2,1-2H3/b9-8-. The lowest BCUT2D eigenvalue weighted by Gasteiger charge is -2.06. The Morgan fingerprint density at radius 1 is 1.31 bits per heavy atom. The van der Waals surface area contributed by atoms with E-state index in [-0.39, 0.29) is 12.4 Å². The fourth-order valence-corrected chi connectivity index (χ4v) is 2.74. The molecule has 0 aliphatic carbocycles. The maximum absolute atomic E-state index is 12.2. The van der Waals surface area contributed by atoms with Crippen molar-refractivity contribution in [2.24, 2.45) is 7.05 Å². The molecule has 0 bridgehead atoms. The summed E-state index contributed by atoms with van der Waals surface area (Å²) in [5.41, 5.74) is 1.25. The zero-order valence-electron chi connectivity index (χ0n) is 14.2. The van der Waals surface area contributed by atoms with Crippen LogP contribution >= 0.6 is 23.2 Å². The lowest BCUT2D eigenvalue weighted by Crippen LogP contribution is -1.95. The predicted octanol–water partition coefficient (Wildman–Crippen LogP) is 5.10. The molecular weight excluding hydrogens is 375 g/mol. The second-order valence-corrected chi connectivity index (χ2v) is 6.43. The van der Waals surface area contributed by atoms with Gasteiger partial charge in [-0.3, -0.25) is 9.48 Å². The van der Waals surface area contributed by atoms with Gasteiger partial charge in [0.15, 0.2) is 5.78 Å².